The van der Waals surface area contributed by atoms with Crippen molar-refractivity contribution < 1.29 is 0 Å². The molecule has 2 aliphatic rings. The number of rotatable bonds is 6. The Morgan fingerprint density at radius 3 is 1.97 bits per heavy atom. The first-order chi connectivity index (χ1) is 30.0. The summed E-state index contributed by atoms with van der Waals surface area (Å²) in [5.41, 5.74) is 15.4. The van der Waals surface area contributed by atoms with Crippen LogP contribution in [0.3, 0.4) is 0 Å². The lowest BCUT2D eigenvalue weighted by atomic mass is 9.82. The molecule has 0 unspecified atom stereocenters. The molecule has 2 heteroatoms. The van der Waals surface area contributed by atoms with E-state index in [2.05, 4.69) is 201 Å². The molecular weight excluding hydrogens is 755 g/mol. The highest BCUT2D eigenvalue weighted by Gasteiger charge is 2.36. The first kappa shape index (κ1) is 36.4. The molecule has 1 nitrogen and oxygen atoms in total. The van der Waals surface area contributed by atoms with Crippen LogP contribution in [0.1, 0.15) is 68.6 Å². The number of hydrogen-bond acceptors (Lipinski definition) is 2. The van der Waals surface area contributed by atoms with E-state index in [4.69, 9.17) is 0 Å². The minimum atomic E-state index is -0.0732. The van der Waals surface area contributed by atoms with Crippen LogP contribution in [0.2, 0.25) is 0 Å². The van der Waals surface area contributed by atoms with E-state index >= 15 is 0 Å². The van der Waals surface area contributed by atoms with Crippen molar-refractivity contribution in [2.24, 2.45) is 0 Å². The SMILES string of the molecule is CC1(C)c2ccccc2-c2cc(N(c3ccc4c(c3)sc3c(-c5ccc(C6CCCCC6)cc5)cccc34)c3ccc4ccccc4c3-c3cccc4ccccc34)ccc21. The van der Waals surface area contributed by atoms with E-state index in [-0.39, 0.29) is 5.41 Å². The van der Waals surface area contributed by atoms with Crippen molar-refractivity contribution in [2.75, 3.05) is 4.90 Å². The molecule has 294 valence electrons. The summed E-state index contributed by atoms with van der Waals surface area (Å²) < 4.78 is 2.65. The molecule has 9 aromatic carbocycles. The Labute approximate surface area is 362 Å². The Morgan fingerprint density at radius 1 is 0.475 bits per heavy atom. The Hall–Kier alpha value is -6.48. The van der Waals surface area contributed by atoms with Gasteiger partial charge in [0.15, 0.2) is 0 Å². The lowest BCUT2D eigenvalue weighted by Gasteiger charge is -2.30. The summed E-state index contributed by atoms with van der Waals surface area (Å²) in [4.78, 5) is 2.53. The minimum absolute atomic E-state index is 0.0732. The van der Waals surface area contributed by atoms with Gasteiger partial charge >= 0.3 is 0 Å². The molecular formula is C59H47NS. The van der Waals surface area contributed by atoms with Crippen LogP contribution in [0.4, 0.5) is 17.1 Å². The topological polar surface area (TPSA) is 3.24 Å². The molecule has 0 aliphatic heterocycles. The fourth-order valence-electron chi connectivity index (χ4n) is 11.0. The highest BCUT2D eigenvalue weighted by molar-refractivity contribution is 7.26. The summed E-state index contributed by atoms with van der Waals surface area (Å²) in [6.45, 7) is 4.73. The van der Waals surface area contributed by atoms with Gasteiger partial charge in [-0.25, -0.2) is 0 Å². The van der Waals surface area contributed by atoms with E-state index in [1.807, 2.05) is 11.3 Å². The average Bonchev–Trinajstić information content (AvgIpc) is 3.80. The van der Waals surface area contributed by atoms with Crippen molar-refractivity contribution in [3.05, 3.63) is 199 Å². The summed E-state index contributed by atoms with van der Waals surface area (Å²) in [5.74, 6) is 0.708. The second kappa shape index (κ2) is 14.3. The molecule has 0 spiro atoms. The third-order valence-electron chi connectivity index (χ3n) is 14.1. The van der Waals surface area contributed by atoms with Crippen LogP contribution in [0.15, 0.2) is 182 Å². The van der Waals surface area contributed by atoms with Crippen LogP contribution in [-0.2, 0) is 5.41 Å². The van der Waals surface area contributed by atoms with Crippen LogP contribution in [0, 0.1) is 0 Å². The van der Waals surface area contributed by atoms with Crippen molar-refractivity contribution in [1.82, 2.24) is 0 Å². The van der Waals surface area contributed by atoms with Crippen LogP contribution >= 0.6 is 11.3 Å². The van der Waals surface area contributed by atoms with Crippen LogP contribution < -0.4 is 4.90 Å². The lowest BCUT2D eigenvalue weighted by molar-refractivity contribution is 0.443. The van der Waals surface area contributed by atoms with Gasteiger partial charge in [-0.1, -0.05) is 185 Å². The molecule has 0 amide bonds. The van der Waals surface area contributed by atoms with E-state index in [0.29, 0.717) is 5.92 Å². The predicted molar refractivity (Wildman–Crippen MR) is 263 cm³/mol. The Kier molecular flexibility index (Phi) is 8.54. The zero-order valence-corrected chi connectivity index (χ0v) is 35.6. The van der Waals surface area contributed by atoms with Crippen LogP contribution in [0.25, 0.3) is 75.1 Å². The lowest BCUT2D eigenvalue weighted by Crippen LogP contribution is -2.15. The van der Waals surface area contributed by atoms with Gasteiger partial charge in [-0.3, -0.25) is 0 Å². The molecule has 1 fully saturated rings. The molecule has 61 heavy (non-hydrogen) atoms. The number of fused-ring (bicyclic) bond motifs is 8. The second-order valence-electron chi connectivity index (χ2n) is 17.9. The van der Waals surface area contributed by atoms with Gasteiger partial charge in [-0.15, -0.1) is 11.3 Å². The van der Waals surface area contributed by atoms with Gasteiger partial charge in [0, 0.05) is 42.5 Å². The van der Waals surface area contributed by atoms with Crippen molar-refractivity contribution in [3.8, 4) is 33.4 Å². The highest BCUT2D eigenvalue weighted by Crippen LogP contribution is 2.53. The van der Waals surface area contributed by atoms with Gasteiger partial charge in [-0.2, -0.15) is 0 Å². The molecule has 0 N–H and O–H groups in total. The summed E-state index contributed by atoms with van der Waals surface area (Å²) in [6.07, 6.45) is 6.75. The Balaban J connectivity index is 1.08. The smallest absolute Gasteiger partial charge is 0.0546 e. The van der Waals surface area contributed by atoms with E-state index in [1.54, 1.807) is 0 Å². The van der Waals surface area contributed by atoms with Crippen molar-refractivity contribution in [2.45, 2.75) is 57.3 Å². The van der Waals surface area contributed by atoms with Gasteiger partial charge in [0.1, 0.15) is 0 Å². The van der Waals surface area contributed by atoms with E-state index in [0.717, 1.165) is 11.4 Å². The van der Waals surface area contributed by atoms with E-state index in [1.165, 1.54) is 130 Å². The zero-order valence-electron chi connectivity index (χ0n) is 34.8. The molecule has 10 aromatic rings. The van der Waals surface area contributed by atoms with Gasteiger partial charge in [0.25, 0.3) is 0 Å². The molecule has 0 bridgehead atoms. The molecule has 12 rings (SSSR count). The number of thiophene rings is 1. The molecule has 2 aliphatic carbocycles. The van der Waals surface area contributed by atoms with Crippen molar-refractivity contribution in [3.63, 3.8) is 0 Å². The van der Waals surface area contributed by atoms with E-state index in [9.17, 15) is 0 Å². The molecule has 0 saturated heterocycles. The first-order valence-electron chi connectivity index (χ1n) is 22.1. The number of nitrogens with zero attached hydrogens (tertiary/aromatic N) is 1. The maximum absolute atomic E-state index is 2.53. The summed E-state index contributed by atoms with van der Waals surface area (Å²) in [7, 11) is 0. The number of anilines is 3. The summed E-state index contributed by atoms with van der Waals surface area (Å²) in [5, 5.41) is 7.61. The fraction of sp³-hybridized carbons (Fsp3) is 0.153. The van der Waals surface area contributed by atoms with Crippen molar-refractivity contribution >= 4 is 70.1 Å². The molecule has 1 heterocycles. The second-order valence-corrected chi connectivity index (χ2v) is 18.9. The minimum Gasteiger partial charge on any atom is -0.310 e. The quantitative estimate of drug-likeness (QED) is 0.162. The van der Waals surface area contributed by atoms with Crippen LogP contribution in [0.5, 0.6) is 0 Å². The molecule has 1 saturated carbocycles. The molecule has 1 aromatic heterocycles. The van der Waals surface area contributed by atoms with E-state index < -0.39 is 0 Å². The Bertz CT molecular complexity index is 3320. The van der Waals surface area contributed by atoms with Crippen molar-refractivity contribution in [1.29, 1.82) is 0 Å². The maximum Gasteiger partial charge on any atom is 0.0546 e. The summed E-state index contributed by atoms with van der Waals surface area (Å²) in [6, 6.07) is 68.9. The number of benzene rings is 9. The van der Waals surface area contributed by atoms with Crippen LogP contribution in [-0.4, -0.2) is 0 Å². The van der Waals surface area contributed by atoms with Gasteiger partial charge in [0.05, 0.1) is 5.69 Å². The van der Waals surface area contributed by atoms with Gasteiger partial charge < -0.3 is 4.90 Å². The standard InChI is InChI=1S/C59H47NS/c1-59(2)53-25-11-10-21-48(53)52-36-43(32-34-54(52)59)60(55-35-30-41-17-7-9-20-46(41)57(55)50-23-12-18-40-16-6-8-19-45(40)50)44-31-33-49-51-24-13-22-47(58(51)61-56(49)37-44)42-28-26-39(27-29-42)38-14-4-3-5-15-38/h6-13,16-38H,3-5,14-15H2,1-2H3. The monoisotopic (exact) mass is 801 g/mol. The normalized spacial score (nSPS) is 14.8. The Morgan fingerprint density at radius 2 is 1.11 bits per heavy atom. The summed E-state index contributed by atoms with van der Waals surface area (Å²) >= 11 is 1.93. The maximum atomic E-state index is 2.53. The number of hydrogen-bond donors (Lipinski definition) is 0. The van der Waals surface area contributed by atoms with Gasteiger partial charge in [0.2, 0.25) is 0 Å². The average molecular weight is 802 g/mol. The molecule has 0 radical (unpaired) electrons. The zero-order chi connectivity index (χ0) is 40.7. The predicted octanol–water partition coefficient (Wildman–Crippen LogP) is 17.5. The third-order valence-corrected chi connectivity index (χ3v) is 15.3. The third kappa shape index (κ3) is 5.87. The van der Waals surface area contributed by atoms with Gasteiger partial charge in [-0.05, 0) is 115 Å². The highest BCUT2D eigenvalue weighted by atomic mass is 32.1. The molecule has 0 atom stereocenters. The fourth-order valence-corrected chi connectivity index (χ4v) is 12.2. The largest absolute Gasteiger partial charge is 0.310 e. The first-order valence-corrected chi connectivity index (χ1v) is 22.9.